The van der Waals surface area contributed by atoms with E-state index in [4.69, 9.17) is 10.9 Å². The van der Waals surface area contributed by atoms with Crippen molar-refractivity contribution in [2.75, 3.05) is 0 Å². The van der Waals surface area contributed by atoms with Gasteiger partial charge in [0.25, 0.3) is 0 Å². The van der Waals surface area contributed by atoms with Gasteiger partial charge in [-0.1, -0.05) is 18.2 Å². The third-order valence-corrected chi connectivity index (χ3v) is 2.47. The molecular formula is C13H17FN2O2. The van der Waals surface area contributed by atoms with Crippen LogP contribution in [0, 0.1) is 0 Å². The molecule has 0 aromatic carbocycles. The number of halogens is 1. The van der Waals surface area contributed by atoms with Crippen molar-refractivity contribution in [2.45, 2.75) is 25.8 Å². The van der Waals surface area contributed by atoms with Crippen molar-refractivity contribution in [1.29, 1.82) is 0 Å². The molecule has 18 heavy (non-hydrogen) atoms. The summed E-state index contributed by atoms with van der Waals surface area (Å²) < 4.78 is 12.8. The summed E-state index contributed by atoms with van der Waals surface area (Å²) in [7, 11) is 0. The molecule has 1 aliphatic rings. The van der Waals surface area contributed by atoms with Crippen LogP contribution >= 0.6 is 0 Å². The zero-order chi connectivity index (χ0) is 13.7. The van der Waals surface area contributed by atoms with Crippen LogP contribution in [0.15, 0.2) is 48.0 Å². The third-order valence-electron chi connectivity index (χ3n) is 2.47. The summed E-state index contributed by atoms with van der Waals surface area (Å²) >= 11 is 0. The molecule has 0 heterocycles. The van der Waals surface area contributed by atoms with Gasteiger partial charge in [0, 0.05) is 5.70 Å². The lowest BCUT2D eigenvalue weighted by Crippen LogP contribution is -2.40. The molecule has 0 bridgehead atoms. The van der Waals surface area contributed by atoms with Gasteiger partial charge in [0.2, 0.25) is 0 Å². The van der Waals surface area contributed by atoms with Crippen LogP contribution in [0.2, 0.25) is 0 Å². The standard InChI is InChI=1S/C13H17FN2O2/c1-9(2)7-12(8-13(17)18)16(15)11-5-3-10(14)4-6-11/h3-5,7,11H,1,6,8,15H2,2H3,(H,17,18)/b12-7-. The second kappa shape index (κ2) is 6.16. The lowest BCUT2D eigenvalue weighted by Gasteiger charge is -2.29. The molecule has 0 saturated carbocycles. The molecule has 0 radical (unpaired) electrons. The summed E-state index contributed by atoms with van der Waals surface area (Å²) in [6, 6.07) is -0.241. The Balaban J connectivity index is 2.83. The van der Waals surface area contributed by atoms with Gasteiger partial charge >= 0.3 is 5.97 Å². The van der Waals surface area contributed by atoms with Gasteiger partial charge in [-0.15, -0.1) is 0 Å². The Kier molecular flexibility index (Phi) is 4.85. The Hall–Kier alpha value is -1.88. The van der Waals surface area contributed by atoms with Crippen LogP contribution in [-0.4, -0.2) is 22.1 Å². The SMILES string of the molecule is C=C(C)/C=C(/CC(=O)O)N(N)C1C=CC(F)=CC1. The van der Waals surface area contributed by atoms with E-state index in [0.717, 1.165) is 0 Å². The summed E-state index contributed by atoms with van der Waals surface area (Å²) in [5.41, 5.74) is 1.16. The smallest absolute Gasteiger partial charge is 0.309 e. The van der Waals surface area contributed by atoms with Crippen LogP contribution in [0.5, 0.6) is 0 Å². The molecule has 1 unspecified atom stereocenters. The van der Waals surface area contributed by atoms with E-state index >= 15 is 0 Å². The summed E-state index contributed by atoms with van der Waals surface area (Å²) in [4.78, 5) is 10.8. The fraction of sp³-hybridized carbons (Fsp3) is 0.308. The maximum Gasteiger partial charge on any atom is 0.309 e. The second-order valence-corrected chi connectivity index (χ2v) is 4.21. The van der Waals surface area contributed by atoms with Crippen molar-refractivity contribution in [3.63, 3.8) is 0 Å². The van der Waals surface area contributed by atoms with Gasteiger partial charge in [-0.05, 0) is 31.6 Å². The van der Waals surface area contributed by atoms with E-state index in [2.05, 4.69) is 6.58 Å². The predicted molar refractivity (Wildman–Crippen MR) is 67.9 cm³/mol. The monoisotopic (exact) mass is 252 g/mol. The van der Waals surface area contributed by atoms with Crippen molar-refractivity contribution in [2.24, 2.45) is 5.84 Å². The van der Waals surface area contributed by atoms with Crippen LogP contribution in [0.25, 0.3) is 0 Å². The van der Waals surface area contributed by atoms with Crippen LogP contribution < -0.4 is 5.84 Å². The van der Waals surface area contributed by atoms with E-state index in [0.29, 0.717) is 17.7 Å². The van der Waals surface area contributed by atoms with Gasteiger partial charge < -0.3 is 10.1 Å². The largest absolute Gasteiger partial charge is 0.481 e. The molecule has 0 amide bonds. The molecule has 0 aromatic heterocycles. The number of carboxylic acid groups (broad SMARTS) is 1. The molecule has 0 aliphatic heterocycles. The van der Waals surface area contributed by atoms with Gasteiger partial charge in [0.15, 0.2) is 0 Å². The summed E-state index contributed by atoms with van der Waals surface area (Å²) in [5, 5.41) is 10.2. The van der Waals surface area contributed by atoms with E-state index < -0.39 is 5.97 Å². The van der Waals surface area contributed by atoms with Gasteiger partial charge in [-0.25, -0.2) is 10.2 Å². The molecule has 1 rings (SSSR count). The zero-order valence-corrected chi connectivity index (χ0v) is 10.3. The van der Waals surface area contributed by atoms with Crippen molar-refractivity contribution in [3.05, 3.63) is 48.0 Å². The molecule has 1 aliphatic carbocycles. The van der Waals surface area contributed by atoms with E-state index in [-0.39, 0.29) is 18.3 Å². The first-order valence-corrected chi connectivity index (χ1v) is 5.56. The van der Waals surface area contributed by atoms with Crippen molar-refractivity contribution in [3.8, 4) is 0 Å². The highest BCUT2D eigenvalue weighted by molar-refractivity contribution is 5.70. The van der Waals surface area contributed by atoms with Crippen LogP contribution in [0.3, 0.4) is 0 Å². The first-order chi connectivity index (χ1) is 8.40. The number of carboxylic acids is 1. The molecule has 0 aromatic rings. The van der Waals surface area contributed by atoms with Gasteiger partial charge in [0.05, 0.1) is 12.5 Å². The number of nitrogens with two attached hydrogens (primary N) is 1. The second-order valence-electron chi connectivity index (χ2n) is 4.21. The fourth-order valence-corrected chi connectivity index (χ4v) is 1.66. The molecule has 1 atom stereocenters. The summed E-state index contributed by atoms with van der Waals surface area (Å²) in [6.45, 7) is 5.46. The molecule has 98 valence electrons. The van der Waals surface area contributed by atoms with E-state index in [1.54, 1.807) is 19.1 Å². The Morgan fingerprint density at radius 1 is 1.78 bits per heavy atom. The van der Waals surface area contributed by atoms with E-state index in [1.807, 2.05) is 0 Å². The van der Waals surface area contributed by atoms with Crippen molar-refractivity contribution < 1.29 is 14.3 Å². The fourth-order valence-electron chi connectivity index (χ4n) is 1.66. The van der Waals surface area contributed by atoms with Crippen LogP contribution in [0.1, 0.15) is 19.8 Å². The lowest BCUT2D eigenvalue weighted by atomic mass is 10.1. The predicted octanol–water partition coefficient (Wildman–Crippen LogP) is 2.28. The number of hydrazine groups is 1. The van der Waals surface area contributed by atoms with E-state index in [1.165, 1.54) is 17.2 Å². The van der Waals surface area contributed by atoms with Crippen molar-refractivity contribution in [1.82, 2.24) is 5.01 Å². The lowest BCUT2D eigenvalue weighted by molar-refractivity contribution is -0.136. The van der Waals surface area contributed by atoms with Crippen LogP contribution in [-0.2, 0) is 4.79 Å². The van der Waals surface area contributed by atoms with Gasteiger partial charge in [-0.2, -0.15) is 0 Å². The topological polar surface area (TPSA) is 66.6 Å². The average Bonchev–Trinajstić information content (AvgIpc) is 2.27. The molecule has 0 spiro atoms. The Morgan fingerprint density at radius 2 is 2.44 bits per heavy atom. The Morgan fingerprint density at radius 3 is 2.89 bits per heavy atom. The minimum Gasteiger partial charge on any atom is -0.481 e. The van der Waals surface area contributed by atoms with E-state index in [9.17, 15) is 9.18 Å². The first kappa shape index (κ1) is 14.2. The minimum atomic E-state index is -0.973. The number of carbonyl (C=O) groups is 1. The maximum absolute atomic E-state index is 12.8. The van der Waals surface area contributed by atoms with Crippen molar-refractivity contribution >= 4 is 5.97 Å². The van der Waals surface area contributed by atoms with Crippen LogP contribution in [0.4, 0.5) is 4.39 Å². The number of rotatable bonds is 5. The number of nitrogens with zero attached hydrogens (tertiary/aromatic N) is 1. The molecule has 5 heteroatoms. The highest BCUT2D eigenvalue weighted by Gasteiger charge is 2.19. The zero-order valence-electron chi connectivity index (χ0n) is 10.3. The number of aliphatic carboxylic acids is 1. The average molecular weight is 252 g/mol. The van der Waals surface area contributed by atoms with Gasteiger partial charge in [0.1, 0.15) is 5.83 Å². The maximum atomic E-state index is 12.8. The summed E-state index contributed by atoms with van der Waals surface area (Å²) in [5.74, 6) is 4.62. The molecule has 4 nitrogen and oxygen atoms in total. The third kappa shape index (κ3) is 4.18. The highest BCUT2D eigenvalue weighted by Crippen LogP contribution is 2.19. The molecule has 3 N–H and O–H groups in total. The quantitative estimate of drug-likeness (QED) is 0.447. The Labute approximate surface area is 106 Å². The number of allylic oxidation sites excluding steroid dienone is 4. The van der Waals surface area contributed by atoms with Gasteiger partial charge in [-0.3, -0.25) is 4.79 Å². The number of hydrogen-bond acceptors (Lipinski definition) is 3. The Bertz CT molecular complexity index is 438. The number of hydrogen-bond donors (Lipinski definition) is 2. The highest BCUT2D eigenvalue weighted by atomic mass is 19.1. The minimum absolute atomic E-state index is 0.195. The normalized spacial score (nSPS) is 19.4. The first-order valence-electron chi connectivity index (χ1n) is 5.56. The molecule has 0 saturated heterocycles. The summed E-state index contributed by atoms with van der Waals surface area (Å²) in [6.07, 6.45) is 6.20. The molecular weight excluding hydrogens is 235 g/mol. The molecule has 0 fully saturated rings.